The zero-order chi connectivity index (χ0) is 14.3. The van der Waals surface area contributed by atoms with E-state index in [1.54, 1.807) is 17.8 Å². The van der Waals surface area contributed by atoms with Crippen LogP contribution in [0.2, 0.25) is 0 Å². The Labute approximate surface area is 123 Å². The molecule has 0 aliphatic heterocycles. The molecule has 0 saturated carbocycles. The van der Waals surface area contributed by atoms with E-state index in [1.807, 2.05) is 19.3 Å². The van der Waals surface area contributed by atoms with Gasteiger partial charge in [0.2, 0.25) is 0 Å². The van der Waals surface area contributed by atoms with Gasteiger partial charge in [0.15, 0.2) is 0 Å². The number of nitrogens with one attached hydrogen (secondary N) is 1. The molecule has 1 N–H and O–H groups in total. The van der Waals surface area contributed by atoms with Gasteiger partial charge in [0.25, 0.3) is 5.56 Å². The van der Waals surface area contributed by atoms with E-state index < -0.39 is 0 Å². The summed E-state index contributed by atoms with van der Waals surface area (Å²) in [6.45, 7) is 1.71. The van der Waals surface area contributed by atoms with Crippen LogP contribution in [-0.4, -0.2) is 19.7 Å². The van der Waals surface area contributed by atoms with Gasteiger partial charge in [-0.05, 0) is 24.6 Å². The fraction of sp³-hybridized carbons (Fsp3) is 0.214. The fourth-order valence-corrected chi connectivity index (χ4v) is 2.52. The number of benzene rings is 1. The average molecular weight is 333 g/mol. The van der Waals surface area contributed by atoms with Gasteiger partial charge < -0.3 is 4.98 Å². The summed E-state index contributed by atoms with van der Waals surface area (Å²) in [6.07, 6.45) is 3.74. The summed E-state index contributed by atoms with van der Waals surface area (Å²) in [5.74, 6) is 0. The summed E-state index contributed by atoms with van der Waals surface area (Å²) in [6, 6.07) is 4.01. The molecule has 2 heterocycles. The second-order valence-electron chi connectivity index (χ2n) is 4.73. The Balaban J connectivity index is 2.39. The van der Waals surface area contributed by atoms with E-state index in [4.69, 9.17) is 0 Å². The van der Waals surface area contributed by atoms with Gasteiger partial charge in [-0.1, -0.05) is 15.9 Å². The molecule has 5 nitrogen and oxygen atoms in total. The molecule has 3 rings (SSSR count). The molecule has 6 heteroatoms. The molecule has 0 amide bonds. The summed E-state index contributed by atoms with van der Waals surface area (Å²) in [5.41, 5.74) is 4.90. The lowest BCUT2D eigenvalue weighted by atomic mass is 10.0. The van der Waals surface area contributed by atoms with Gasteiger partial charge in [0, 0.05) is 29.7 Å². The minimum absolute atomic E-state index is 0.152. The van der Waals surface area contributed by atoms with E-state index in [9.17, 15) is 4.79 Å². The number of H-pyrrole nitrogens is 1. The largest absolute Gasteiger partial charge is 0.319 e. The van der Waals surface area contributed by atoms with E-state index in [1.165, 1.54) is 0 Å². The first kappa shape index (κ1) is 13.1. The van der Waals surface area contributed by atoms with Crippen molar-refractivity contribution in [1.82, 2.24) is 19.7 Å². The lowest BCUT2D eigenvalue weighted by Gasteiger charge is -2.07. The minimum atomic E-state index is -0.152. The molecule has 0 aliphatic rings. The number of fused-ring (bicyclic) bond motifs is 1. The van der Waals surface area contributed by atoms with Crippen LogP contribution in [0.15, 0.2) is 29.3 Å². The highest BCUT2D eigenvalue weighted by Crippen LogP contribution is 2.28. The Kier molecular flexibility index (Phi) is 3.17. The standard InChI is InChI=1S/C14H13BrN4O/c1-8-14(20)18-12-4-9(5-15)3-11(13(12)17-8)10-6-16-19(2)7-10/h3-4,6-7H,5H2,1-2H3,(H,18,20). The lowest BCUT2D eigenvalue weighted by molar-refractivity contribution is 0.768. The van der Waals surface area contributed by atoms with Gasteiger partial charge in [0.1, 0.15) is 5.69 Å². The van der Waals surface area contributed by atoms with Gasteiger partial charge in [0.05, 0.1) is 17.2 Å². The number of nitrogens with zero attached hydrogens (tertiary/aromatic N) is 3. The van der Waals surface area contributed by atoms with Crippen LogP contribution in [0.5, 0.6) is 0 Å². The molecule has 3 aromatic rings. The molecule has 0 saturated heterocycles. The Morgan fingerprint density at radius 2 is 2.20 bits per heavy atom. The molecule has 0 radical (unpaired) electrons. The molecular formula is C14H13BrN4O. The number of aryl methyl sites for hydroxylation is 2. The molecule has 20 heavy (non-hydrogen) atoms. The van der Waals surface area contributed by atoms with Crippen molar-refractivity contribution in [3.05, 3.63) is 46.1 Å². The van der Waals surface area contributed by atoms with E-state index >= 15 is 0 Å². The predicted molar refractivity (Wildman–Crippen MR) is 81.9 cm³/mol. The maximum atomic E-state index is 11.7. The molecule has 0 aliphatic carbocycles. The summed E-state index contributed by atoms with van der Waals surface area (Å²) in [7, 11) is 1.88. The molecule has 2 aromatic heterocycles. The highest BCUT2D eigenvalue weighted by molar-refractivity contribution is 9.08. The van der Waals surface area contributed by atoms with Crippen molar-refractivity contribution in [2.24, 2.45) is 7.05 Å². The molecule has 0 spiro atoms. The van der Waals surface area contributed by atoms with Crippen molar-refractivity contribution >= 4 is 27.0 Å². The maximum absolute atomic E-state index is 11.7. The van der Waals surface area contributed by atoms with Gasteiger partial charge in [-0.25, -0.2) is 4.98 Å². The number of aromatic nitrogens is 4. The lowest BCUT2D eigenvalue weighted by Crippen LogP contribution is -2.12. The minimum Gasteiger partial charge on any atom is -0.319 e. The zero-order valence-electron chi connectivity index (χ0n) is 11.1. The quantitative estimate of drug-likeness (QED) is 0.733. The van der Waals surface area contributed by atoms with Crippen LogP contribution in [0.25, 0.3) is 22.2 Å². The molecule has 1 aromatic carbocycles. The van der Waals surface area contributed by atoms with E-state index in [0.717, 1.165) is 27.7 Å². The second kappa shape index (κ2) is 4.86. The zero-order valence-corrected chi connectivity index (χ0v) is 12.7. The third-order valence-electron chi connectivity index (χ3n) is 3.20. The number of hydrogen-bond acceptors (Lipinski definition) is 3. The molecule has 0 fully saturated rings. The smallest absolute Gasteiger partial charge is 0.269 e. The normalized spacial score (nSPS) is 11.2. The Hall–Kier alpha value is -1.95. The van der Waals surface area contributed by atoms with Gasteiger partial charge >= 0.3 is 0 Å². The molecule has 0 unspecified atom stereocenters. The summed E-state index contributed by atoms with van der Waals surface area (Å²) in [5, 5.41) is 4.91. The van der Waals surface area contributed by atoms with Crippen molar-refractivity contribution in [3.8, 4) is 11.1 Å². The van der Waals surface area contributed by atoms with Crippen LogP contribution < -0.4 is 5.56 Å². The van der Waals surface area contributed by atoms with E-state index in [0.29, 0.717) is 11.0 Å². The summed E-state index contributed by atoms with van der Waals surface area (Å²) < 4.78 is 1.75. The monoisotopic (exact) mass is 332 g/mol. The van der Waals surface area contributed by atoms with Crippen molar-refractivity contribution in [2.75, 3.05) is 0 Å². The second-order valence-corrected chi connectivity index (χ2v) is 5.29. The summed E-state index contributed by atoms with van der Waals surface area (Å²) >= 11 is 3.45. The first-order valence-electron chi connectivity index (χ1n) is 6.17. The summed E-state index contributed by atoms with van der Waals surface area (Å²) in [4.78, 5) is 19.1. The van der Waals surface area contributed by atoms with Crippen LogP contribution in [0.1, 0.15) is 11.3 Å². The van der Waals surface area contributed by atoms with E-state index in [-0.39, 0.29) is 5.56 Å². The fourth-order valence-electron chi connectivity index (χ4n) is 2.20. The van der Waals surface area contributed by atoms with Crippen molar-refractivity contribution in [1.29, 1.82) is 0 Å². The Morgan fingerprint density at radius 3 is 2.85 bits per heavy atom. The van der Waals surface area contributed by atoms with Gasteiger partial charge in [-0.3, -0.25) is 9.48 Å². The first-order valence-corrected chi connectivity index (χ1v) is 7.29. The SMILES string of the molecule is Cc1nc2c(-c3cnn(C)c3)cc(CBr)cc2[nH]c1=O. The average Bonchev–Trinajstić information content (AvgIpc) is 2.85. The van der Waals surface area contributed by atoms with Gasteiger partial charge in [-0.15, -0.1) is 0 Å². The molecular weight excluding hydrogens is 320 g/mol. The molecule has 0 bridgehead atoms. The van der Waals surface area contributed by atoms with Crippen LogP contribution in [0, 0.1) is 6.92 Å². The highest BCUT2D eigenvalue weighted by atomic mass is 79.9. The number of alkyl halides is 1. The van der Waals surface area contributed by atoms with Crippen molar-refractivity contribution in [3.63, 3.8) is 0 Å². The number of hydrogen-bond donors (Lipinski definition) is 1. The topological polar surface area (TPSA) is 63.6 Å². The number of aromatic amines is 1. The van der Waals surface area contributed by atoms with E-state index in [2.05, 4.69) is 37.1 Å². The molecule has 102 valence electrons. The third kappa shape index (κ3) is 2.16. The maximum Gasteiger partial charge on any atom is 0.269 e. The Morgan fingerprint density at radius 1 is 1.40 bits per heavy atom. The van der Waals surface area contributed by atoms with Crippen LogP contribution in [0.3, 0.4) is 0 Å². The number of rotatable bonds is 2. The van der Waals surface area contributed by atoms with Crippen LogP contribution in [0.4, 0.5) is 0 Å². The Bertz CT molecular complexity index is 850. The van der Waals surface area contributed by atoms with Crippen LogP contribution >= 0.6 is 15.9 Å². The number of halogens is 1. The van der Waals surface area contributed by atoms with Crippen molar-refractivity contribution < 1.29 is 0 Å². The first-order chi connectivity index (χ1) is 9.58. The van der Waals surface area contributed by atoms with Gasteiger partial charge in [-0.2, -0.15) is 5.10 Å². The molecule has 0 atom stereocenters. The van der Waals surface area contributed by atoms with Crippen LogP contribution in [-0.2, 0) is 12.4 Å². The van der Waals surface area contributed by atoms with Crippen molar-refractivity contribution in [2.45, 2.75) is 12.3 Å². The third-order valence-corrected chi connectivity index (χ3v) is 3.84. The predicted octanol–water partition coefficient (Wildman–Crippen LogP) is 2.53. The highest BCUT2D eigenvalue weighted by Gasteiger charge is 2.11.